The first-order valence-electron chi connectivity index (χ1n) is 8.84. The number of hydrogen-bond donors (Lipinski definition) is 0. The molecule has 9 heteroatoms. The van der Waals surface area contributed by atoms with Gasteiger partial charge in [-0.05, 0) is 30.7 Å². The lowest BCUT2D eigenvalue weighted by Crippen LogP contribution is -2.32. The Balaban J connectivity index is 1.62. The molecule has 0 radical (unpaired) electrons. The lowest BCUT2D eigenvalue weighted by atomic mass is 10.1. The zero-order valence-corrected chi connectivity index (χ0v) is 15.3. The maximum Gasteiger partial charge on any atom is 0.347 e. The van der Waals surface area contributed by atoms with E-state index >= 15 is 0 Å². The van der Waals surface area contributed by atoms with E-state index < -0.39 is 29.2 Å². The van der Waals surface area contributed by atoms with Crippen molar-refractivity contribution < 1.29 is 33.2 Å². The van der Waals surface area contributed by atoms with E-state index in [0.717, 1.165) is 0 Å². The van der Waals surface area contributed by atoms with Gasteiger partial charge in [-0.15, -0.1) is 5.06 Å². The molecule has 29 heavy (non-hydrogen) atoms. The number of rotatable bonds is 8. The zero-order chi connectivity index (χ0) is 21.0. The molecule has 1 saturated heterocycles. The normalized spacial score (nSPS) is 13.6. The summed E-state index contributed by atoms with van der Waals surface area (Å²) in [5.74, 6) is -2.00. The van der Waals surface area contributed by atoms with Gasteiger partial charge in [-0.25, -0.2) is 9.59 Å². The number of fused-ring (bicyclic) bond motifs is 1. The number of nitrogens with zero attached hydrogens (tertiary/aromatic N) is 1. The molecule has 3 rings (SSSR count). The van der Waals surface area contributed by atoms with Gasteiger partial charge in [0.05, 0.1) is 6.26 Å². The first-order valence-corrected chi connectivity index (χ1v) is 8.84. The van der Waals surface area contributed by atoms with Crippen LogP contribution in [0, 0.1) is 0 Å². The minimum absolute atomic E-state index is 0.00188. The number of hydroxylamine groups is 2. The summed E-state index contributed by atoms with van der Waals surface area (Å²) in [5.41, 5.74) is -0.631. The molecule has 1 aliphatic heterocycles. The second-order valence-corrected chi connectivity index (χ2v) is 6.25. The molecule has 0 unspecified atom stereocenters. The molecule has 1 fully saturated rings. The highest BCUT2D eigenvalue weighted by Gasteiger charge is 2.32. The van der Waals surface area contributed by atoms with E-state index in [1.54, 1.807) is 18.2 Å². The molecular weight excluding hydrogens is 382 g/mol. The molecule has 9 nitrogen and oxygen atoms in total. The summed E-state index contributed by atoms with van der Waals surface area (Å²) in [4.78, 5) is 63.8. The maximum atomic E-state index is 12.4. The van der Waals surface area contributed by atoms with Gasteiger partial charge in [0.25, 0.3) is 11.8 Å². The van der Waals surface area contributed by atoms with Crippen LogP contribution in [0.15, 0.2) is 46.3 Å². The second-order valence-electron chi connectivity index (χ2n) is 6.25. The predicted octanol–water partition coefficient (Wildman–Crippen LogP) is 2.28. The standard InChI is InChI=1S/C20H17NO8/c1-2-27-13-6-7-16-12(10-13)11-14(20(26)28-16)15(22)4-3-5-19(25)29-21-17(23)8-9-18(21)24/h2,6-7,10-11H,1,3-5,8-9H2. The first-order chi connectivity index (χ1) is 13.9. The van der Waals surface area contributed by atoms with Crippen LogP contribution >= 0.6 is 0 Å². The Labute approximate surface area is 164 Å². The van der Waals surface area contributed by atoms with Crippen LogP contribution in [-0.2, 0) is 19.2 Å². The van der Waals surface area contributed by atoms with Crippen molar-refractivity contribution in [3.63, 3.8) is 0 Å². The second kappa shape index (κ2) is 8.51. The van der Waals surface area contributed by atoms with Crippen LogP contribution in [0.3, 0.4) is 0 Å². The molecule has 0 bridgehead atoms. The van der Waals surface area contributed by atoms with Crippen LogP contribution in [-0.4, -0.2) is 28.6 Å². The summed E-state index contributed by atoms with van der Waals surface area (Å²) in [7, 11) is 0. The number of imide groups is 1. The summed E-state index contributed by atoms with van der Waals surface area (Å²) in [6.07, 6.45) is 1.01. The molecule has 1 aliphatic rings. The van der Waals surface area contributed by atoms with Crippen molar-refractivity contribution in [2.45, 2.75) is 32.1 Å². The SMILES string of the molecule is C=COc1ccc2oc(=O)c(C(=O)CCCC(=O)ON3C(=O)CCC3=O)cc2c1. The number of hydrogen-bond acceptors (Lipinski definition) is 8. The third kappa shape index (κ3) is 4.57. The molecule has 0 spiro atoms. The molecule has 2 amide bonds. The van der Waals surface area contributed by atoms with E-state index in [4.69, 9.17) is 14.0 Å². The van der Waals surface area contributed by atoms with Crippen molar-refractivity contribution in [3.8, 4) is 5.75 Å². The van der Waals surface area contributed by atoms with Gasteiger partial charge >= 0.3 is 11.6 Å². The summed E-state index contributed by atoms with van der Waals surface area (Å²) in [6, 6.07) is 6.13. The van der Waals surface area contributed by atoms with Gasteiger partial charge in [-0.3, -0.25) is 14.4 Å². The van der Waals surface area contributed by atoms with E-state index in [1.807, 2.05) is 0 Å². The quantitative estimate of drug-likeness (QED) is 0.287. The van der Waals surface area contributed by atoms with E-state index in [-0.39, 0.29) is 37.7 Å². The zero-order valence-electron chi connectivity index (χ0n) is 15.3. The van der Waals surface area contributed by atoms with Gasteiger partial charge in [0.2, 0.25) is 0 Å². The molecule has 1 aromatic carbocycles. The van der Waals surface area contributed by atoms with Gasteiger partial charge < -0.3 is 14.0 Å². The fourth-order valence-corrected chi connectivity index (χ4v) is 2.80. The van der Waals surface area contributed by atoms with Gasteiger partial charge in [-0.1, -0.05) is 6.58 Å². The Morgan fingerprint density at radius 1 is 1.10 bits per heavy atom. The molecular formula is C20H17NO8. The Morgan fingerprint density at radius 2 is 1.83 bits per heavy atom. The smallest absolute Gasteiger partial charge is 0.347 e. The van der Waals surface area contributed by atoms with Gasteiger partial charge in [0.1, 0.15) is 16.9 Å². The van der Waals surface area contributed by atoms with Gasteiger partial charge in [-0.2, -0.15) is 0 Å². The van der Waals surface area contributed by atoms with Gasteiger partial charge in [0, 0.05) is 31.1 Å². The van der Waals surface area contributed by atoms with Crippen LogP contribution < -0.4 is 10.4 Å². The third-order valence-corrected chi connectivity index (χ3v) is 4.21. The predicted molar refractivity (Wildman–Crippen MR) is 98.7 cm³/mol. The van der Waals surface area contributed by atoms with Crippen molar-refractivity contribution in [1.29, 1.82) is 0 Å². The topological polar surface area (TPSA) is 120 Å². The third-order valence-electron chi connectivity index (χ3n) is 4.21. The first kappa shape index (κ1) is 20.0. The number of benzene rings is 1. The highest BCUT2D eigenvalue weighted by Crippen LogP contribution is 2.21. The minimum atomic E-state index is -0.807. The average Bonchev–Trinajstić information content (AvgIpc) is 2.99. The molecule has 0 saturated carbocycles. The highest BCUT2D eigenvalue weighted by atomic mass is 16.7. The maximum absolute atomic E-state index is 12.4. The molecule has 0 atom stereocenters. The fourth-order valence-electron chi connectivity index (χ4n) is 2.80. The number of Topliss-reactive ketones (excluding diaryl/α,β-unsaturated/α-hetero) is 1. The van der Waals surface area contributed by atoms with Crippen molar-refractivity contribution in [1.82, 2.24) is 5.06 Å². The summed E-state index contributed by atoms with van der Waals surface area (Å²) >= 11 is 0. The Kier molecular flexibility index (Phi) is 5.87. The van der Waals surface area contributed by atoms with Gasteiger partial charge in [0.15, 0.2) is 5.78 Å². The molecule has 150 valence electrons. The van der Waals surface area contributed by atoms with Crippen LogP contribution in [0.2, 0.25) is 0 Å². The number of amides is 2. The molecule has 2 heterocycles. The molecule has 1 aromatic heterocycles. The highest BCUT2D eigenvalue weighted by molar-refractivity contribution is 6.01. The van der Waals surface area contributed by atoms with Crippen LogP contribution in [0.4, 0.5) is 0 Å². The fraction of sp³-hybridized carbons (Fsp3) is 0.250. The Morgan fingerprint density at radius 3 is 2.52 bits per heavy atom. The van der Waals surface area contributed by atoms with E-state index in [1.165, 1.54) is 12.3 Å². The van der Waals surface area contributed by atoms with Crippen molar-refractivity contribution in [2.75, 3.05) is 0 Å². The lowest BCUT2D eigenvalue weighted by Gasteiger charge is -2.12. The van der Waals surface area contributed by atoms with E-state index in [9.17, 15) is 24.0 Å². The Bertz CT molecular complexity index is 1050. The van der Waals surface area contributed by atoms with Crippen LogP contribution in [0.1, 0.15) is 42.5 Å². The Hall–Kier alpha value is -3.75. The van der Waals surface area contributed by atoms with Crippen molar-refractivity contribution in [2.24, 2.45) is 0 Å². The monoisotopic (exact) mass is 399 g/mol. The summed E-state index contributed by atoms with van der Waals surface area (Å²) < 4.78 is 10.3. The van der Waals surface area contributed by atoms with Crippen LogP contribution in [0.5, 0.6) is 5.75 Å². The molecule has 0 N–H and O–H groups in total. The van der Waals surface area contributed by atoms with Crippen molar-refractivity contribution >= 4 is 34.5 Å². The summed E-state index contributed by atoms with van der Waals surface area (Å²) in [5, 5.41) is 0.947. The average molecular weight is 399 g/mol. The van der Waals surface area contributed by atoms with Crippen molar-refractivity contribution in [3.05, 3.63) is 53.1 Å². The number of ether oxygens (including phenoxy) is 1. The lowest BCUT2D eigenvalue weighted by molar-refractivity contribution is -0.197. The molecule has 2 aromatic rings. The molecule has 0 aliphatic carbocycles. The van der Waals surface area contributed by atoms with E-state index in [2.05, 4.69) is 6.58 Å². The largest absolute Gasteiger partial charge is 0.466 e. The van der Waals surface area contributed by atoms with E-state index in [0.29, 0.717) is 21.8 Å². The van der Waals surface area contributed by atoms with Crippen LogP contribution in [0.25, 0.3) is 11.0 Å². The number of ketones is 1. The summed E-state index contributed by atoms with van der Waals surface area (Å²) in [6.45, 7) is 3.46. The number of carbonyl (C=O) groups excluding carboxylic acids is 4. The minimum Gasteiger partial charge on any atom is -0.466 e. The number of carbonyl (C=O) groups is 4.